The third-order valence-electron chi connectivity index (χ3n) is 7.15. The number of nitrogens with zero attached hydrogens (tertiary/aromatic N) is 2. The van der Waals surface area contributed by atoms with E-state index >= 15 is 0 Å². The quantitative estimate of drug-likeness (QED) is 0.478. The third-order valence-corrected chi connectivity index (χ3v) is 7.68. The number of likely N-dealkylation sites (tertiary alicyclic amines) is 2. The number of hydrogen-bond acceptors (Lipinski definition) is 6. The Kier molecular flexibility index (Phi) is 7.91. The molecule has 4 atom stereocenters. The molecule has 3 N–H and O–H groups in total. The molecule has 4 rings (SSSR count). The number of piperidine rings is 2. The van der Waals surface area contributed by atoms with Crippen molar-refractivity contribution < 1.29 is 19.1 Å². The van der Waals surface area contributed by atoms with Crippen molar-refractivity contribution in [2.24, 2.45) is 11.7 Å². The summed E-state index contributed by atoms with van der Waals surface area (Å²) in [5.41, 5.74) is 6.07. The van der Waals surface area contributed by atoms with Gasteiger partial charge in [-0.2, -0.15) is 0 Å². The molecule has 4 unspecified atom stereocenters. The fraction of sp³-hybridized carbons (Fsp3) is 0.667. The Bertz CT molecular complexity index is 814. The molecule has 9 heteroatoms. The summed E-state index contributed by atoms with van der Waals surface area (Å²) in [7, 11) is 1.66. The van der Waals surface area contributed by atoms with Crippen LogP contribution in [0.4, 0.5) is 0 Å². The van der Waals surface area contributed by atoms with E-state index in [2.05, 4.69) is 10.2 Å². The van der Waals surface area contributed by atoms with E-state index in [4.69, 9.17) is 26.8 Å². The zero-order valence-electron chi connectivity index (χ0n) is 19.2. The number of amides is 2. The van der Waals surface area contributed by atoms with Gasteiger partial charge in [-0.05, 0) is 43.7 Å². The van der Waals surface area contributed by atoms with Gasteiger partial charge in [-0.25, -0.2) is 0 Å². The Morgan fingerprint density at radius 1 is 1.24 bits per heavy atom. The van der Waals surface area contributed by atoms with Gasteiger partial charge < -0.3 is 25.4 Å². The molecule has 0 aromatic heterocycles. The van der Waals surface area contributed by atoms with Crippen molar-refractivity contribution in [1.82, 2.24) is 15.1 Å². The molecule has 0 bridgehead atoms. The van der Waals surface area contributed by atoms with Gasteiger partial charge in [0.2, 0.25) is 0 Å². The maximum absolute atomic E-state index is 12.7. The largest absolute Gasteiger partial charge is 0.368 e. The topological polar surface area (TPSA) is 97.1 Å². The Labute approximate surface area is 200 Å². The van der Waals surface area contributed by atoms with Gasteiger partial charge in [0.05, 0.1) is 5.38 Å². The first-order chi connectivity index (χ1) is 15.9. The van der Waals surface area contributed by atoms with Crippen molar-refractivity contribution in [3.63, 3.8) is 0 Å². The van der Waals surface area contributed by atoms with Gasteiger partial charge in [0.1, 0.15) is 18.0 Å². The van der Waals surface area contributed by atoms with E-state index in [0.29, 0.717) is 31.1 Å². The summed E-state index contributed by atoms with van der Waals surface area (Å²) < 4.78 is 11.3. The molecule has 0 spiro atoms. The normalized spacial score (nSPS) is 31.5. The van der Waals surface area contributed by atoms with E-state index in [9.17, 15) is 9.59 Å². The fourth-order valence-electron chi connectivity index (χ4n) is 5.10. The fourth-order valence-corrected chi connectivity index (χ4v) is 5.42. The first-order valence-electron chi connectivity index (χ1n) is 11.9. The van der Waals surface area contributed by atoms with E-state index < -0.39 is 11.0 Å². The van der Waals surface area contributed by atoms with Crippen LogP contribution in [-0.2, 0) is 14.3 Å². The summed E-state index contributed by atoms with van der Waals surface area (Å²) in [6, 6.07) is 9.00. The number of ether oxygens (including phenoxy) is 2. The second kappa shape index (κ2) is 10.7. The predicted octanol–water partition coefficient (Wildman–Crippen LogP) is 1.77. The molecule has 1 aromatic rings. The molecule has 0 saturated carbocycles. The molecule has 0 aliphatic carbocycles. The molecule has 0 radical (unpaired) electrons. The highest BCUT2D eigenvalue weighted by molar-refractivity contribution is 6.22. The first-order valence-corrected chi connectivity index (χ1v) is 12.3. The van der Waals surface area contributed by atoms with Crippen LogP contribution in [0.1, 0.15) is 42.5 Å². The molecule has 8 nitrogen and oxygen atoms in total. The lowest BCUT2D eigenvalue weighted by atomic mass is 9.91. The van der Waals surface area contributed by atoms with Crippen LogP contribution in [-0.4, -0.2) is 84.9 Å². The zero-order valence-corrected chi connectivity index (χ0v) is 20.0. The Morgan fingerprint density at radius 2 is 1.97 bits per heavy atom. The molecular formula is C24H35ClN4O4. The number of carbonyl (C=O) groups excluding carboxylic acids is 2. The smallest absolute Gasteiger partial charge is 0.252 e. The number of rotatable bonds is 6. The van der Waals surface area contributed by atoms with Crippen LogP contribution < -0.4 is 11.1 Å². The van der Waals surface area contributed by atoms with Crippen LogP contribution in [0.5, 0.6) is 0 Å². The molecule has 3 saturated heterocycles. The molecule has 3 aliphatic heterocycles. The number of nitrogens with one attached hydrogen (secondary N) is 1. The van der Waals surface area contributed by atoms with Crippen molar-refractivity contribution in [2.75, 3.05) is 39.9 Å². The van der Waals surface area contributed by atoms with Crippen molar-refractivity contribution in [3.8, 4) is 0 Å². The molecule has 2 amide bonds. The van der Waals surface area contributed by atoms with Crippen LogP contribution in [0.15, 0.2) is 30.3 Å². The third kappa shape index (κ3) is 5.69. The highest BCUT2D eigenvalue weighted by Gasteiger charge is 2.45. The van der Waals surface area contributed by atoms with Crippen LogP contribution in [0.2, 0.25) is 0 Å². The van der Waals surface area contributed by atoms with Gasteiger partial charge in [0.25, 0.3) is 11.8 Å². The lowest BCUT2D eigenvalue weighted by Crippen LogP contribution is -2.70. The minimum absolute atomic E-state index is 0.140. The van der Waals surface area contributed by atoms with Crippen molar-refractivity contribution in [1.29, 1.82) is 0 Å². The van der Waals surface area contributed by atoms with Gasteiger partial charge in [0, 0.05) is 51.9 Å². The minimum atomic E-state index is -1.07. The maximum atomic E-state index is 12.7. The molecule has 33 heavy (non-hydrogen) atoms. The lowest BCUT2D eigenvalue weighted by Gasteiger charge is -2.48. The monoisotopic (exact) mass is 478 g/mol. The molecule has 1 aromatic carbocycles. The van der Waals surface area contributed by atoms with Gasteiger partial charge in [-0.1, -0.05) is 18.2 Å². The van der Waals surface area contributed by atoms with E-state index in [1.54, 1.807) is 19.2 Å². The van der Waals surface area contributed by atoms with Crippen LogP contribution in [0, 0.1) is 5.92 Å². The highest BCUT2D eigenvalue weighted by atomic mass is 35.5. The lowest BCUT2D eigenvalue weighted by molar-refractivity contribution is -0.142. The zero-order chi connectivity index (χ0) is 23.4. The van der Waals surface area contributed by atoms with Crippen molar-refractivity contribution in [3.05, 3.63) is 35.9 Å². The second-order valence-corrected chi connectivity index (χ2v) is 9.97. The van der Waals surface area contributed by atoms with Crippen LogP contribution in [0.3, 0.4) is 0 Å². The summed E-state index contributed by atoms with van der Waals surface area (Å²) in [4.78, 5) is 29.5. The van der Waals surface area contributed by atoms with Gasteiger partial charge >= 0.3 is 0 Å². The van der Waals surface area contributed by atoms with Gasteiger partial charge in [-0.3, -0.25) is 14.5 Å². The summed E-state index contributed by atoms with van der Waals surface area (Å²) in [5, 5.41) is 2.48. The van der Waals surface area contributed by atoms with E-state index in [0.717, 1.165) is 45.3 Å². The molecule has 182 valence electrons. The van der Waals surface area contributed by atoms with E-state index in [-0.39, 0.29) is 24.1 Å². The van der Waals surface area contributed by atoms with Gasteiger partial charge in [0.15, 0.2) is 0 Å². The summed E-state index contributed by atoms with van der Waals surface area (Å²) in [5.74, 6) is 0.348. The standard InChI is InChI=1S/C24H35ClN4O4/c1-32-21-14-24(26,27-22(30)18-6-3-2-4-7-18)20(25)16-29(21)15-17-9-11-28(12-10-17)23(31)19-8-5-13-33-19/h2-4,6-7,17,19-21H,5,8-16,26H2,1H3,(H,27,30). The molecular weight excluding hydrogens is 444 g/mol. The second-order valence-electron chi connectivity index (χ2n) is 9.45. The summed E-state index contributed by atoms with van der Waals surface area (Å²) >= 11 is 6.72. The van der Waals surface area contributed by atoms with Crippen LogP contribution >= 0.6 is 11.6 Å². The highest BCUT2D eigenvalue weighted by Crippen LogP contribution is 2.30. The van der Waals surface area contributed by atoms with Crippen LogP contribution in [0.25, 0.3) is 0 Å². The predicted molar refractivity (Wildman–Crippen MR) is 126 cm³/mol. The molecule has 3 aliphatic rings. The number of alkyl halides is 1. The molecule has 3 fully saturated rings. The summed E-state index contributed by atoms with van der Waals surface area (Å²) in [6.07, 6.45) is 3.59. The Morgan fingerprint density at radius 3 is 2.61 bits per heavy atom. The summed E-state index contributed by atoms with van der Waals surface area (Å²) in [6.45, 7) is 3.54. The SMILES string of the molecule is COC1CC(N)(NC(=O)c2ccccc2)C(Cl)CN1CC1CCN(C(=O)C2CCCO2)CC1. The number of benzene rings is 1. The number of halogens is 1. The molecule has 3 heterocycles. The maximum Gasteiger partial charge on any atom is 0.252 e. The Balaban J connectivity index is 1.31. The number of methoxy groups -OCH3 is 1. The van der Waals surface area contributed by atoms with Crippen molar-refractivity contribution in [2.45, 2.75) is 55.5 Å². The average molecular weight is 479 g/mol. The number of hydrogen-bond donors (Lipinski definition) is 2. The van der Waals surface area contributed by atoms with E-state index in [1.807, 2.05) is 23.1 Å². The minimum Gasteiger partial charge on any atom is -0.368 e. The van der Waals surface area contributed by atoms with E-state index in [1.165, 1.54) is 0 Å². The number of nitrogens with two attached hydrogens (primary N) is 1. The van der Waals surface area contributed by atoms with Gasteiger partial charge in [-0.15, -0.1) is 11.6 Å². The average Bonchev–Trinajstić information content (AvgIpc) is 3.37. The Hall–Kier alpha value is -1.71. The number of carbonyl (C=O) groups is 2. The van der Waals surface area contributed by atoms with Crippen molar-refractivity contribution >= 4 is 23.4 Å². The first kappa shape index (κ1) is 24.4.